The lowest BCUT2D eigenvalue weighted by Gasteiger charge is -2.03. The third-order valence-electron chi connectivity index (χ3n) is 2.84. The van der Waals surface area contributed by atoms with E-state index < -0.39 is 0 Å². The molecule has 1 aromatic carbocycles. The molecule has 0 atom stereocenters. The number of nitrogens with zero attached hydrogens (tertiary/aromatic N) is 3. The molecule has 2 aromatic rings. The van der Waals surface area contributed by atoms with Crippen LogP contribution in [-0.2, 0) is 6.54 Å². The zero-order valence-corrected chi connectivity index (χ0v) is 11.0. The highest BCUT2D eigenvalue weighted by atomic mass is 16.6. The minimum Gasteiger partial charge on any atom is -0.311 e. The first kappa shape index (κ1) is 13.2. The molecular weight excluding hydrogens is 244 g/mol. The fourth-order valence-electron chi connectivity index (χ4n) is 1.84. The Labute approximate surface area is 111 Å². The summed E-state index contributed by atoms with van der Waals surface area (Å²) in [6.07, 6.45) is 1.85. The highest BCUT2D eigenvalue weighted by molar-refractivity contribution is 5.47. The minimum absolute atomic E-state index is 0.128. The Kier molecular flexibility index (Phi) is 3.91. The minimum atomic E-state index is -0.376. The van der Waals surface area contributed by atoms with Gasteiger partial charge in [-0.1, -0.05) is 6.92 Å². The van der Waals surface area contributed by atoms with Gasteiger partial charge in [0.05, 0.1) is 16.3 Å². The summed E-state index contributed by atoms with van der Waals surface area (Å²) < 4.78 is 1.73. The maximum atomic E-state index is 10.8. The fraction of sp³-hybridized carbons (Fsp3) is 0.308. The molecule has 1 aromatic heterocycles. The SMILES string of the molecule is CCNCc1ccn(-c2ccc([N+](=O)[O-])c(C)c2)n1. The summed E-state index contributed by atoms with van der Waals surface area (Å²) in [6.45, 7) is 5.38. The first-order valence-electron chi connectivity index (χ1n) is 6.12. The molecule has 0 spiro atoms. The molecule has 6 heteroatoms. The van der Waals surface area contributed by atoms with E-state index in [1.165, 1.54) is 6.07 Å². The van der Waals surface area contributed by atoms with Crippen molar-refractivity contribution >= 4 is 5.69 Å². The Morgan fingerprint density at radius 3 is 2.84 bits per heavy atom. The number of hydrogen-bond donors (Lipinski definition) is 1. The van der Waals surface area contributed by atoms with E-state index in [0.717, 1.165) is 24.5 Å². The van der Waals surface area contributed by atoms with Crippen molar-refractivity contribution in [2.24, 2.45) is 0 Å². The van der Waals surface area contributed by atoms with Crippen molar-refractivity contribution in [1.29, 1.82) is 0 Å². The Hall–Kier alpha value is -2.21. The van der Waals surface area contributed by atoms with Gasteiger partial charge in [-0.2, -0.15) is 5.10 Å². The molecule has 0 aliphatic rings. The molecule has 0 saturated heterocycles. The number of aromatic nitrogens is 2. The first-order chi connectivity index (χ1) is 9.11. The highest BCUT2D eigenvalue weighted by Crippen LogP contribution is 2.20. The molecule has 0 fully saturated rings. The molecule has 19 heavy (non-hydrogen) atoms. The Morgan fingerprint density at radius 2 is 2.21 bits per heavy atom. The van der Waals surface area contributed by atoms with E-state index in [4.69, 9.17) is 0 Å². The standard InChI is InChI=1S/C13H16N4O2/c1-3-14-9-11-6-7-16(15-11)12-4-5-13(17(18)19)10(2)8-12/h4-8,14H,3,9H2,1-2H3. The van der Waals surface area contributed by atoms with Crippen LogP contribution >= 0.6 is 0 Å². The molecule has 6 nitrogen and oxygen atoms in total. The summed E-state index contributed by atoms with van der Waals surface area (Å²) in [7, 11) is 0. The van der Waals surface area contributed by atoms with Gasteiger partial charge in [0.2, 0.25) is 0 Å². The molecular formula is C13H16N4O2. The van der Waals surface area contributed by atoms with Crippen molar-refractivity contribution < 1.29 is 4.92 Å². The monoisotopic (exact) mass is 260 g/mol. The van der Waals surface area contributed by atoms with Crippen molar-refractivity contribution in [2.75, 3.05) is 6.54 Å². The van der Waals surface area contributed by atoms with Gasteiger partial charge in [0.15, 0.2) is 0 Å². The van der Waals surface area contributed by atoms with Crippen LogP contribution in [0.4, 0.5) is 5.69 Å². The molecule has 1 heterocycles. The molecule has 0 unspecified atom stereocenters. The third-order valence-corrected chi connectivity index (χ3v) is 2.84. The summed E-state index contributed by atoms with van der Waals surface area (Å²) in [5.41, 5.74) is 2.53. The zero-order chi connectivity index (χ0) is 13.8. The maximum absolute atomic E-state index is 10.8. The van der Waals surface area contributed by atoms with Crippen molar-refractivity contribution in [3.63, 3.8) is 0 Å². The second kappa shape index (κ2) is 5.62. The average Bonchev–Trinajstić information content (AvgIpc) is 2.84. The summed E-state index contributed by atoms with van der Waals surface area (Å²) in [5.74, 6) is 0. The van der Waals surface area contributed by atoms with Crippen molar-refractivity contribution in [2.45, 2.75) is 20.4 Å². The smallest absolute Gasteiger partial charge is 0.272 e. The summed E-state index contributed by atoms with van der Waals surface area (Å²) in [6, 6.07) is 6.91. The number of rotatable bonds is 5. The van der Waals surface area contributed by atoms with Crippen molar-refractivity contribution in [3.05, 3.63) is 51.8 Å². The van der Waals surface area contributed by atoms with Gasteiger partial charge in [-0.25, -0.2) is 4.68 Å². The van der Waals surface area contributed by atoms with E-state index in [1.807, 2.05) is 19.2 Å². The van der Waals surface area contributed by atoms with Gasteiger partial charge in [-0.15, -0.1) is 0 Å². The van der Waals surface area contributed by atoms with Gasteiger partial charge in [-0.05, 0) is 31.7 Å². The maximum Gasteiger partial charge on any atom is 0.272 e. The predicted octanol–water partition coefficient (Wildman–Crippen LogP) is 2.20. The lowest BCUT2D eigenvalue weighted by atomic mass is 10.2. The Balaban J connectivity index is 2.24. The van der Waals surface area contributed by atoms with E-state index in [-0.39, 0.29) is 10.6 Å². The quantitative estimate of drug-likeness (QED) is 0.660. The number of nitro benzene ring substituents is 1. The van der Waals surface area contributed by atoms with Crippen molar-refractivity contribution in [1.82, 2.24) is 15.1 Å². The van der Waals surface area contributed by atoms with Gasteiger partial charge in [-0.3, -0.25) is 10.1 Å². The average molecular weight is 260 g/mol. The topological polar surface area (TPSA) is 73.0 Å². The van der Waals surface area contributed by atoms with E-state index >= 15 is 0 Å². The second-order valence-electron chi connectivity index (χ2n) is 4.26. The molecule has 0 bridgehead atoms. The van der Waals surface area contributed by atoms with Crippen LogP contribution in [0.25, 0.3) is 5.69 Å². The molecule has 0 aliphatic carbocycles. The fourth-order valence-corrected chi connectivity index (χ4v) is 1.84. The number of benzene rings is 1. The number of aryl methyl sites for hydroxylation is 1. The third kappa shape index (κ3) is 2.97. The van der Waals surface area contributed by atoms with Crippen LogP contribution in [0.5, 0.6) is 0 Å². The lowest BCUT2D eigenvalue weighted by Crippen LogP contribution is -2.12. The van der Waals surface area contributed by atoms with E-state index in [1.54, 1.807) is 23.7 Å². The van der Waals surface area contributed by atoms with Crippen LogP contribution in [0.15, 0.2) is 30.5 Å². The van der Waals surface area contributed by atoms with Crippen LogP contribution in [-0.4, -0.2) is 21.2 Å². The van der Waals surface area contributed by atoms with Crippen LogP contribution in [0.1, 0.15) is 18.2 Å². The van der Waals surface area contributed by atoms with E-state index in [2.05, 4.69) is 10.4 Å². The van der Waals surface area contributed by atoms with Gasteiger partial charge < -0.3 is 5.32 Å². The Morgan fingerprint density at radius 1 is 1.42 bits per heavy atom. The molecule has 0 saturated carbocycles. The summed E-state index contributed by atoms with van der Waals surface area (Å²) >= 11 is 0. The summed E-state index contributed by atoms with van der Waals surface area (Å²) in [5, 5.41) is 18.4. The van der Waals surface area contributed by atoms with Crippen LogP contribution in [0.2, 0.25) is 0 Å². The molecule has 0 aliphatic heterocycles. The van der Waals surface area contributed by atoms with Gasteiger partial charge >= 0.3 is 0 Å². The second-order valence-corrected chi connectivity index (χ2v) is 4.26. The van der Waals surface area contributed by atoms with Crippen LogP contribution in [0.3, 0.4) is 0 Å². The lowest BCUT2D eigenvalue weighted by molar-refractivity contribution is -0.385. The van der Waals surface area contributed by atoms with E-state index in [9.17, 15) is 10.1 Å². The summed E-state index contributed by atoms with van der Waals surface area (Å²) in [4.78, 5) is 10.4. The highest BCUT2D eigenvalue weighted by Gasteiger charge is 2.11. The molecule has 0 amide bonds. The van der Waals surface area contributed by atoms with Crippen LogP contribution < -0.4 is 5.32 Å². The number of nitrogens with one attached hydrogen (secondary N) is 1. The van der Waals surface area contributed by atoms with Crippen LogP contribution in [0, 0.1) is 17.0 Å². The normalized spacial score (nSPS) is 10.6. The van der Waals surface area contributed by atoms with E-state index in [0.29, 0.717) is 5.56 Å². The molecule has 0 radical (unpaired) electrons. The molecule has 2 rings (SSSR count). The van der Waals surface area contributed by atoms with Gasteiger partial charge in [0.1, 0.15) is 0 Å². The van der Waals surface area contributed by atoms with Crippen molar-refractivity contribution in [3.8, 4) is 5.69 Å². The predicted molar refractivity (Wildman–Crippen MR) is 72.3 cm³/mol. The van der Waals surface area contributed by atoms with Gasteiger partial charge in [0.25, 0.3) is 5.69 Å². The largest absolute Gasteiger partial charge is 0.311 e. The van der Waals surface area contributed by atoms with Gasteiger partial charge in [0, 0.05) is 24.4 Å². The number of hydrogen-bond acceptors (Lipinski definition) is 4. The zero-order valence-electron chi connectivity index (χ0n) is 11.0. The molecule has 100 valence electrons. The Bertz CT molecular complexity index is 592. The molecule has 1 N–H and O–H groups in total. The number of nitro groups is 1. The first-order valence-corrected chi connectivity index (χ1v) is 6.12.